The van der Waals surface area contributed by atoms with Crippen LogP contribution in [0.3, 0.4) is 0 Å². The van der Waals surface area contributed by atoms with E-state index >= 15 is 0 Å². The molecule has 0 aliphatic carbocycles. The van der Waals surface area contributed by atoms with E-state index in [2.05, 4.69) is 20.3 Å². The van der Waals surface area contributed by atoms with E-state index in [9.17, 15) is 5.26 Å². The molecule has 6 heteroatoms. The van der Waals surface area contributed by atoms with Gasteiger partial charge in [-0.2, -0.15) is 5.26 Å². The quantitative estimate of drug-likeness (QED) is 0.869. The summed E-state index contributed by atoms with van der Waals surface area (Å²) in [6.45, 7) is 2.08. The molecule has 3 aliphatic rings. The number of aromatic nitrogens is 2. The van der Waals surface area contributed by atoms with Crippen molar-refractivity contribution in [1.82, 2.24) is 9.36 Å². The lowest BCUT2D eigenvalue weighted by Crippen LogP contribution is -2.40. The van der Waals surface area contributed by atoms with Crippen molar-refractivity contribution in [3.8, 4) is 17.2 Å². The Kier molecular flexibility index (Phi) is 2.44. The fraction of sp³-hybridized carbons (Fsp3) is 0.357. The SMILES string of the molecule is N#Cc1c(N)nc2c(c1-c1cnsc1)N1CCC2CC1. The monoisotopic (exact) mass is 283 g/mol. The van der Waals surface area contributed by atoms with Crippen molar-refractivity contribution < 1.29 is 0 Å². The first kappa shape index (κ1) is 11.7. The lowest BCUT2D eigenvalue weighted by atomic mass is 9.83. The minimum absolute atomic E-state index is 0.348. The molecule has 0 saturated carbocycles. The van der Waals surface area contributed by atoms with Crippen LogP contribution in [0.4, 0.5) is 11.5 Å². The number of rotatable bonds is 1. The van der Waals surface area contributed by atoms with Crippen LogP contribution < -0.4 is 10.6 Å². The first-order valence-corrected chi connectivity index (χ1v) is 7.51. The van der Waals surface area contributed by atoms with E-state index in [-0.39, 0.29) is 0 Å². The van der Waals surface area contributed by atoms with Gasteiger partial charge >= 0.3 is 0 Å². The number of hydrogen-bond donors (Lipinski definition) is 1. The average Bonchev–Trinajstić information content (AvgIpc) is 3.00. The summed E-state index contributed by atoms with van der Waals surface area (Å²) < 4.78 is 4.17. The van der Waals surface area contributed by atoms with Crippen LogP contribution in [-0.2, 0) is 0 Å². The smallest absolute Gasteiger partial charge is 0.142 e. The molecular formula is C14H13N5S. The number of anilines is 2. The number of piperidine rings is 1. The molecule has 20 heavy (non-hydrogen) atoms. The fourth-order valence-electron chi connectivity index (χ4n) is 3.32. The van der Waals surface area contributed by atoms with Gasteiger partial charge in [-0.15, -0.1) is 0 Å². The Bertz CT molecular complexity index is 708. The third kappa shape index (κ3) is 1.47. The predicted octanol–water partition coefficient (Wildman–Crippen LogP) is 2.36. The maximum Gasteiger partial charge on any atom is 0.142 e. The van der Waals surface area contributed by atoms with E-state index in [1.807, 2.05) is 11.6 Å². The fourth-order valence-corrected chi connectivity index (χ4v) is 3.84. The van der Waals surface area contributed by atoms with Crippen LogP contribution in [-0.4, -0.2) is 22.4 Å². The van der Waals surface area contributed by atoms with Crippen molar-refractivity contribution in [3.63, 3.8) is 0 Å². The molecule has 0 spiro atoms. The van der Waals surface area contributed by atoms with Crippen LogP contribution in [0.5, 0.6) is 0 Å². The maximum absolute atomic E-state index is 9.46. The van der Waals surface area contributed by atoms with Crippen LogP contribution in [0.25, 0.3) is 11.1 Å². The Morgan fingerprint density at radius 2 is 2.20 bits per heavy atom. The zero-order chi connectivity index (χ0) is 13.7. The Hall–Kier alpha value is -2.13. The molecule has 2 aromatic rings. The van der Waals surface area contributed by atoms with Crippen LogP contribution >= 0.6 is 11.5 Å². The summed E-state index contributed by atoms with van der Waals surface area (Å²) in [5.41, 5.74) is 10.6. The van der Waals surface area contributed by atoms with Gasteiger partial charge in [0.25, 0.3) is 0 Å². The first-order chi connectivity index (χ1) is 9.79. The largest absolute Gasteiger partial charge is 0.383 e. The molecule has 2 bridgehead atoms. The number of nitrogens with zero attached hydrogens (tertiary/aromatic N) is 4. The molecular weight excluding hydrogens is 270 g/mol. The highest BCUT2D eigenvalue weighted by atomic mass is 32.1. The number of nitriles is 1. The van der Waals surface area contributed by atoms with E-state index in [1.165, 1.54) is 11.5 Å². The molecule has 3 aliphatic heterocycles. The summed E-state index contributed by atoms with van der Waals surface area (Å²) in [6, 6.07) is 2.22. The third-order valence-corrected chi connectivity index (χ3v) is 4.84. The van der Waals surface area contributed by atoms with Gasteiger partial charge in [0.05, 0.1) is 11.4 Å². The van der Waals surface area contributed by atoms with Gasteiger partial charge in [-0.3, -0.25) is 0 Å². The van der Waals surface area contributed by atoms with Crippen LogP contribution in [0.15, 0.2) is 11.6 Å². The number of fused-ring (bicyclic) bond motifs is 2. The molecule has 0 aromatic carbocycles. The summed E-state index contributed by atoms with van der Waals surface area (Å²) in [7, 11) is 0. The van der Waals surface area contributed by atoms with E-state index in [4.69, 9.17) is 5.73 Å². The second-order valence-corrected chi connectivity index (χ2v) is 5.92. The van der Waals surface area contributed by atoms with E-state index in [0.29, 0.717) is 17.3 Å². The number of nitrogens with two attached hydrogens (primary N) is 1. The van der Waals surface area contributed by atoms with Gasteiger partial charge in [-0.1, -0.05) is 0 Å². The molecule has 1 saturated heterocycles. The molecule has 0 radical (unpaired) electrons. The van der Waals surface area contributed by atoms with Crippen LogP contribution in [0.2, 0.25) is 0 Å². The summed E-state index contributed by atoms with van der Waals surface area (Å²) >= 11 is 1.39. The van der Waals surface area contributed by atoms with Gasteiger partial charge in [-0.05, 0) is 24.4 Å². The molecule has 100 valence electrons. The van der Waals surface area contributed by atoms with Crippen molar-refractivity contribution in [2.75, 3.05) is 23.7 Å². The average molecular weight is 283 g/mol. The molecule has 0 unspecified atom stereocenters. The summed E-state index contributed by atoms with van der Waals surface area (Å²) in [4.78, 5) is 6.88. The highest BCUT2D eigenvalue weighted by molar-refractivity contribution is 7.03. The highest BCUT2D eigenvalue weighted by Gasteiger charge is 2.36. The number of pyridine rings is 1. The van der Waals surface area contributed by atoms with Gasteiger partial charge < -0.3 is 10.6 Å². The third-order valence-electron chi connectivity index (χ3n) is 4.26. The van der Waals surface area contributed by atoms with Crippen LogP contribution in [0, 0.1) is 11.3 Å². The molecule has 1 fully saturated rings. The van der Waals surface area contributed by atoms with Gasteiger partial charge in [0.2, 0.25) is 0 Å². The zero-order valence-corrected chi connectivity index (χ0v) is 11.7. The van der Waals surface area contributed by atoms with Crippen molar-refractivity contribution in [2.24, 2.45) is 0 Å². The molecule has 0 atom stereocenters. The Labute approximate surface area is 120 Å². The Balaban J connectivity index is 2.08. The van der Waals surface area contributed by atoms with Crippen molar-refractivity contribution in [3.05, 3.63) is 22.8 Å². The van der Waals surface area contributed by atoms with Crippen molar-refractivity contribution >= 4 is 23.0 Å². The maximum atomic E-state index is 9.46. The second-order valence-electron chi connectivity index (χ2n) is 5.27. The van der Waals surface area contributed by atoms with Gasteiger partial charge in [0.1, 0.15) is 17.5 Å². The van der Waals surface area contributed by atoms with E-state index < -0.39 is 0 Å². The Morgan fingerprint density at radius 3 is 2.85 bits per heavy atom. The van der Waals surface area contributed by atoms with Crippen LogP contribution in [0.1, 0.15) is 30.0 Å². The zero-order valence-electron chi connectivity index (χ0n) is 10.8. The summed E-state index contributed by atoms with van der Waals surface area (Å²) in [5.74, 6) is 0.830. The molecule has 2 aromatic heterocycles. The van der Waals surface area contributed by atoms with Crippen molar-refractivity contribution in [1.29, 1.82) is 5.26 Å². The lowest BCUT2D eigenvalue weighted by molar-refractivity contribution is 0.465. The normalized spacial score (nSPS) is 17.1. The minimum Gasteiger partial charge on any atom is -0.383 e. The second kappa shape index (κ2) is 4.18. The molecule has 2 N–H and O–H groups in total. The molecule has 5 rings (SSSR count). The van der Waals surface area contributed by atoms with Crippen molar-refractivity contribution in [2.45, 2.75) is 18.8 Å². The molecule has 0 amide bonds. The van der Waals surface area contributed by atoms with E-state index in [1.54, 1.807) is 0 Å². The summed E-state index contributed by atoms with van der Waals surface area (Å²) in [6.07, 6.45) is 4.07. The predicted molar refractivity (Wildman–Crippen MR) is 78.7 cm³/mol. The number of hydrogen-bond acceptors (Lipinski definition) is 6. The Morgan fingerprint density at radius 1 is 1.40 bits per heavy atom. The molecule has 5 nitrogen and oxygen atoms in total. The van der Waals surface area contributed by atoms with Gasteiger partial charge in [-0.25, -0.2) is 9.36 Å². The van der Waals surface area contributed by atoms with E-state index in [0.717, 1.165) is 48.4 Å². The summed E-state index contributed by atoms with van der Waals surface area (Å²) in [5, 5.41) is 11.4. The first-order valence-electron chi connectivity index (χ1n) is 6.67. The topological polar surface area (TPSA) is 78.8 Å². The molecule has 5 heterocycles. The van der Waals surface area contributed by atoms with Gasteiger partial charge in [0.15, 0.2) is 0 Å². The highest BCUT2D eigenvalue weighted by Crippen LogP contribution is 2.48. The van der Waals surface area contributed by atoms with Gasteiger partial charge in [0, 0.05) is 41.7 Å². The standard InChI is InChI=1S/C14H13N5S/c15-5-10-11(9-6-17-20-7-9)13-12(18-14(10)16)8-1-3-19(13)4-2-8/h6-8H,1-4H2,(H2,16,18). The minimum atomic E-state index is 0.348. The lowest BCUT2D eigenvalue weighted by Gasteiger charge is -2.42. The number of nitrogen functional groups attached to an aromatic ring is 1.